The number of benzene rings is 1. The Hall–Kier alpha value is -1.35. The summed E-state index contributed by atoms with van der Waals surface area (Å²) in [5.74, 6) is 0.166. The van der Waals surface area contributed by atoms with E-state index in [1.54, 1.807) is 0 Å². The van der Waals surface area contributed by atoms with E-state index in [-0.39, 0.29) is 24.1 Å². The molecule has 2 atom stereocenters. The second-order valence-electron chi connectivity index (χ2n) is 6.50. The summed E-state index contributed by atoms with van der Waals surface area (Å²) in [5.41, 5.74) is 4.20. The molecule has 2 unspecified atom stereocenters. The van der Waals surface area contributed by atoms with Crippen molar-refractivity contribution in [3.05, 3.63) is 34.4 Å². The van der Waals surface area contributed by atoms with E-state index in [0.717, 1.165) is 42.4 Å². The molecule has 2 aliphatic heterocycles. The summed E-state index contributed by atoms with van der Waals surface area (Å²) in [6, 6.07) is 4.63. The fourth-order valence-corrected chi connectivity index (χ4v) is 4.13. The third-order valence-corrected chi connectivity index (χ3v) is 4.83. The van der Waals surface area contributed by atoms with Crippen LogP contribution in [-0.4, -0.2) is 34.1 Å². The molecular weight excluding hydrogens is 250 g/mol. The summed E-state index contributed by atoms with van der Waals surface area (Å²) < 4.78 is 0. The third-order valence-electron chi connectivity index (χ3n) is 4.83. The van der Waals surface area contributed by atoms with Crippen molar-refractivity contribution in [2.24, 2.45) is 0 Å². The number of nitrogens with zero attached hydrogens (tertiary/aromatic N) is 1. The normalized spacial score (nSPS) is 28.8. The van der Waals surface area contributed by atoms with Crippen LogP contribution in [-0.2, 0) is 0 Å². The van der Waals surface area contributed by atoms with Gasteiger partial charge in [-0.1, -0.05) is 17.7 Å². The SMILES string of the molecule is Cc1cc(C)c(C(=O)N2C3CCC2CC(O)C3)c(C)c1. The molecule has 0 radical (unpaired) electrons. The number of hydrogen-bond acceptors (Lipinski definition) is 2. The number of carbonyl (C=O) groups excluding carboxylic acids is 1. The van der Waals surface area contributed by atoms with Gasteiger partial charge in [0.25, 0.3) is 5.91 Å². The first-order valence-corrected chi connectivity index (χ1v) is 7.56. The molecule has 1 amide bonds. The Morgan fingerprint density at radius 1 is 1.10 bits per heavy atom. The van der Waals surface area contributed by atoms with Crippen LogP contribution in [0.1, 0.15) is 52.7 Å². The predicted octanol–water partition coefficient (Wildman–Crippen LogP) is 2.74. The molecule has 108 valence electrons. The molecule has 2 bridgehead atoms. The Kier molecular flexibility index (Phi) is 3.33. The van der Waals surface area contributed by atoms with Gasteiger partial charge in [0.05, 0.1) is 6.10 Å². The van der Waals surface area contributed by atoms with Crippen LogP contribution in [0.3, 0.4) is 0 Å². The number of aliphatic hydroxyl groups excluding tert-OH is 1. The van der Waals surface area contributed by atoms with E-state index < -0.39 is 0 Å². The van der Waals surface area contributed by atoms with Crippen LogP contribution < -0.4 is 0 Å². The topological polar surface area (TPSA) is 40.5 Å². The Balaban J connectivity index is 1.94. The highest BCUT2D eigenvalue weighted by Crippen LogP contribution is 2.37. The maximum Gasteiger partial charge on any atom is 0.254 e. The smallest absolute Gasteiger partial charge is 0.254 e. The van der Waals surface area contributed by atoms with Crippen molar-refractivity contribution >= 4 is 5.91 Å². The molecule has 3 heteroatoms. The summed E-state index contributed by atoms with van der Waals surface area (Å²) in [6.07, 6.45) is 3.34. The molecule has 0 spiro atoms. The zero-order chi connectivity index (χ0) is 14.4. The molecule has 20 heavy (non-hydrogen) atoms. The van der Waals surface area contributed by atoms with Gasteiger partial charge >= 0.3 is 0 Å². The van der Waals surface area contributed by atoms with E-state index in [1.807, 2.05) is 13.8 Å². The van der Waals surface area contributed by atoms with Gasteiger partial charge in [0, 0.05) is 17.6 Å². The average molecular weight is 273 g/mol. The second kappa shape index (κ2) is 4.88. The summed E-state index contributed by atoms with van der Waals surface area (Å²) in [7, 11) is 0. The van der Waals surface area contributed by atoms with Gasteiger partial charge < -0.3 is 10.0 Å². The first-order chi connectivity index (χ1) is 9.47. The van der Waals surface area contributed by atoms with Crippen LogP contribution in [0, 0.1) is 20.8 Å². The summed E-state index contributed by atoms with van der Waals surface area (Å²) in [6.45, 7) is 6.11. The number of amides is 1. The van der Waals surface area contributed by atoms with Gasteiger partial charge in [-0.25, -0.2) is 0 Å². The summed E-state index contributed by atoms with van der Waals surface area (Å²) >= 11 is 0. The fraction of sp³-hybridized carbons (Fsp3) is 0.588. The number of carbonyl (C=O) groups is 1. The van der Waals surface area contributed by atoms with Crippen LogP contribution in [0.25, 0.3) is 0 Å². The molecular formula is C17H23NO2. The monoisotopic (exact) mass is 273 g/mol. The number of fused-ring (bicyclic) bond motifs is 2. The lowest BCUT2D eigenvalue weighted by Crippen LogP contribution is -2.48. The number of aliphatic hydroxyl groups is 1. The lowest BCUT2D eigenvalue weighted by atomic mass is 9.95. The van der Waals surface area contributed by atoms with E-state index in [2.05, 4.69) is 24.0 Å². The molecule has 1 aromatic rings. The van der Waals surface area contributed by atoms with Gasteiger partial charge in [0.15, 0.2) is 0 Å². The molecule has 1 N–H and O–H groups in total. The molecule has 1 aromatic carbocycles. The van der Waals surface area contributed by atoms with Crippen LogP contribution in [0.5, 0.6) is 0 Å². The molecule has 2 heterocycles. The summed E-state index contributed by atoms with van der Waals surface area (Å²) in [4.78, 5) is 15.0. The van der Waals surface area contributed by atoms with E-state index >= 15 is 0 Å². The van der Waals surface area contributed by atoms with Crippen LogP contribution >= 0.6 is 0 Å². The highest BCUT2D eigenvalue weighted by molar-refractivity contribution is 5.97. The Morgan fingerprint density at radius 3 is 2.10 bits per heavy atom. The summed E-state index contributed by atoms with van der Waals surface area (Å²) in [5, 5.41) is 9.87. The largest absolute Gasteiger partial charge is 0.393 e. The molecule has 2 aliphatic rings. The van der Waals surface area contributed by atoms with Gasteiger partial charge in [0.1, 0.15) is 0 Å². The lowest BCUT2D eigenvalue weighted by Gasteiger charge is -2.37. The number of piperidine rings is 1. The fourth-order valence-electron chi connectivity index (χ4n) is 4.13. The standard InChI is InChI=1S/C17H23NO2/c1-10-6-11(2)16(12(3)7-10)17(20)18-13-4-5-14(18)9-15(19)8-13/h6-7,13-15,19H,4-5,8-9H2,1-3H3. The third kappa shape index (κ3) is 2.14. The van der Waals surface area contributed by atoms with Crippen molar-refractivity contribution in [3.8, 4) is 0 Å². The zero-order valence-electron chi connectivity index (χ0n) is 12.5. The number of aryl methyl sites for hydroxylation is 3. The van der Waals surface area contributed by atoms with Gasteiger partial charge in [-0.15, -0.1) is 0 Å². The second-order valence-corrected chi connectivity index (χ2v) is 6.50. The van der Waals surface area contributed by atoms with Crippen molar-refractivity contribution in [2.45, 2.75) is 64.6 Å². The lowest BCUT2D eigenvalue weighted by molar-refractivity contribution is 0.0286. The van der Waals surface area contributed by atoms with Crippen molar-refractivity contribution in [1.29, 1.82) is 0 Å². The molecule has 3 rings (SSSR count). The molecule has 0 aliphatic carbocycles. The van der Waals surface area contributed by atoms with Crippen molar-refractivity contribution < 1.29 is 9.90 Å². The minimum atomic E-state index is -0.225. The van der Waals surface area contributed by atoms with Gasteiger partial charge in [0.2, 0.25) is 0 Å². The van der Waals surface area contributed by atoms with Crippen LogP contribution in [0.2, 0.25) is 0 Å². The maximum atomic E-state index is 13.0. The quantitative estimate of drug-likeness (QED) is 0.854. The Morgan fingerprint density at radius 2 is 1.60 bits per heavy atom. The Bertz CT molecular complexity index is 515. The van der Waals surface area contributed by atoms with Gasteiger partial charge in [-0.05, 0) is 57.6 Å². The highest BCUT2D eigenvalue weighted by Gasteiger charge is 2.43. The van der Waals surface area contributed by atoms with Crippen LogP contribution in [0.15, 0.2) is 12.1 Å². The molecule has 2 fully saturated rings. The minimum Gasteiger partial charge on any atom is -0.393 e. The van der Waals surface area contributed by atoms with E-state index in [0.29, 0.717) is 0 Å². The van der Waals surface area contributed by atoms with Crippen molar-refractivity contribution in [1.82, 2.24) is 4.90 Å². The van der Waals surface area contributed by atoms with E-state index in [4.69, 9.17) is 0 Å². The van der Waals surface area contributed by atoms with E-state index in [9.17, 15) is 9.90 Å². The molecule has 0 saturated carbocycles. The van der Waals surface area contributed by atoms with Gasteiger partial charge in [-0.3, -0.25) is 4.79 Å². The molecule has 2 saturated heterocycles. The van der Waals surface area contributed by atoms with Crippen LogP contribution in [0.4, 0.5) is 0 Å². The van der Waals surface area contributed by atoms with E-state index in [1.165, 1.54) is 5.56 Å². The number of rotatable bonds is 1. The highest BCUT2D eigenvalue weighted by atomic mass is 16.3. The Labute approximate surface area is 120 Å². The maximum absolute atomic E-state index is 13.0. The van der Waals surface area contributed by atoms with Crippen molar-refractivity contribution in [2.75, 3.05) is 0 Å². The number of hydrogen-bond donors (Lipinski definition) is 1. The first kappa shape index (κ1) is 13.6. The molecule has 0 aromatic heterocycles. The van der Waals surface area contributed by atoms with Crippen molar-refractivity contribution in [3.63, 3.8) is 0 Å². The molecule has 3 nitrogen and oxygen atoms in total. The minimum absolute atomic E-state index is 0.166. The predicted molar refractivity (Wildman–Crippen MR) is 78.9 cm³/mol. The average Bonchev–Trinajstić information content (AvgIpc) is 2.60. The van der Waals surface area contributed by atoms with Gasteiger partial charge in [-0.2, -0.15) is 0 Å². The zero-order valence-corrected chi connectivity index (χ0v) is 12.5. The first-order valence-electron chi connectivity index (χ1n) is 7.56.